The minimum atomic E-state index is -0.299. The van der Waals surface area contributed by atoms with E-state index in [2.05, 4.69) is 29.0 Å². The van der Waals surface area contributed by atoms with Gasteiger partial charge in [-0.25, -0.2) is 9.67 Å². The average molecular weight is 330 g/mol. The van der Waals surface area contributed by atoms with Crippen LogP contribution in [0.1, 0.15) is 44.7 Å². The highest BCUT2D eigenvalue weighted by molar-refractivity contribution is 5.81. The van der Waals surface area contributed by atoms with E-state index in [-0.39, 0.29) is 23.9 Å². The molecule has 7 heteroatoms. The zero-order chi connectivity index (χ0) is 17.1. The van der Waals surface area contributed by atoms with Crippen molar-refractivity contribution >= 4 is 5.91 Å². The first-order valence-electron chi connectivity index (χ1n) is 8.70. The van der Waals surface area contributed by atoms with Gasteiger partial charge in [0.15, 0.2) is 0 Å². The molecule has 1 fully saturated rings. The van der Waals surface area contributed by atoms with E-state index in [1.165, 1.54) is 6.33 Å². The molecule has 0 unspecified atom stereocenters. The first-order chi connectivity index (χ1) is 11.6. The van der Waals surface area contributed by atoms with Crippen molar-refractivity contribution in [1.29, 1.82) is 0 Å². The van der Waals surface area contributed by atoms with E-state index in [0.29, 0.717) is 0 Å². The molecule has 0 N–H and O–H groups in total. The van der Waals surface area contributed by atoms with E-state index in [1.807, 2.05) is 28.9 Å². The molecule has 2 aromatic rings. The van der Waals surface area contributed by atoms with E-state index in [4.69, 9.17) is 0 Å². The molecule has 0 bridgehead atoms. The van der Waals surface area contributed by atoms with Gasteiger partial charge in [-0.2, -0.15) is 10.2 Å². The van der Waals surface area contributed by atoms with Crippen LogP contribution in [0.3, 0.4) is 0 Å². The summed E-state index contributed by atoms with van der Waals surface area (Å²) >= 11 is 0. The predicted octanol–water partition coefficient (Wildman–Crippen LogP) is 2.06. The number of carbonyl (C=O) groups excluding carboxylic acids is 1. The summed E-state index contributed by atoms with van der Waals surface area (Å²) in [5, 5.41) is 8.59. The Balaban J connectivity index is 1.79. The molecule has 1 aliphatic heterocycles. The van der Waals surface area contributed by atoms with Gasteiger partial charge in [0, 0.05) is 12.7 Å². The Morgan fingerprint density at radius 2 is 2.17 bits per heavy atom. The third-order valence-corrected chi connectivity index (χ3v) is 4.68. The summed E-state index contributed by atoms with van der Waals surface area (Å²) in [6.45, 7) is 7.70. The monoisotopic (exact) mass is 330 g/mol. The van der Waals surface area contributed by atoms with E-state index in [1.54, 1.807) is 11.0 Å². The quantitative estimate of drug-likeness (QED) is 0.841. The summed E-state index contributed by atoms with van der Waals surface area (Å²) < 4.78 is 3.64. The van der Waals surface area contributed by atoms with Gasteiger partial charge in [0.05, 0.1) is 18.8 Å². The Kier molecular flexibility index (Phi) is 4.97. The molecule has 0 saturated carbocycles. The van der Waals surface area contributed by atoms with Gasteiger partial charge in [0.2, 0.25) is 5.91 Å². The van der Waals surface area contributed by atoms with Crippen LogP contribution in [0.15, 0.2) is 25.0 Å². The van der Waals surface area contributed by atoms with Crippen LogP contribution in [0.5, 0.6) is 0 Å². The van der Waals surface area contributed by atoms with E-state index in [9.17, 15) is 4.79 Å². The van der Waals surface area contributed by atoms with Gasteiger partial charge in [0.1, 0.15) is 18.7 Å². The fourth-order valence-electron chi connectivity index (χ4n) is 3.50. The van der Waals surface area contributed by atoms with Gasteiger partial charge in [-0.15, -0.1) is 0 Å². The summed E-state index contributed by atoms with van der Waals surface area (Å²) in [5.41, 5.74) is 1.14. The predicted molar refractivity (Wildman–Crippen MR) is 90.2 cm³/mol. The summed E-state index contributed by atoms with van der Waals surface area (Å²) in [5.74, 6) is 0.304. The number of aryl methyl sites for hydroxylation is 1. The molecule has 2 aromatic heterocycles. The molecule has 3 rings (SSSR count). The molecule has 0 aromatic carbocycles. The van der Waals surface area contributed by atoms with Crippen LogP contribution in [0.25, 0.3) is 0 Å². The number of piperidine rings is 1. The van der Waals surface area contributed by atoms with Crippen molar-refractivity contribution in [2.24, 2.45) is 5.92 Å². The zero-order valence-corrected chi connectivity index (χ0v) is 14.7. The molecule has 0 aliphatic carbocycles. The van der Waals surface area contributed by atoms with Crippen molar-refractivity contribution in [3.8, 4) is 0 Å². The molecule has 0 radical (unpaired) electrons. The molecule has 1 aliphatic rings. The third-order valence-electron chi connectivity index (χ3n) is 4.68. The van der Waals surface area contributed by atoms with Gasteiger partial charge in [-0.05, 0) is 37.7 Å². The number of hydrogen-bond donors (Lipinski definition) is 0. The minimum Gasteiger partial charge on any atom is -0.336 e. The van der Waals surface area contributed by atoms with Crippen molar-refractivity contribution in [3.05, 3.63) is 30.6 Å². The normalized spacial score (nSPS) is 19.7. The number of aromatic nitrogens is 5. The van der Waals surface area contributed by atoms with Crippen LogP contribution in [0.4, 0.5) is 0 Å². The van der Waals surface area contributed by atoms with Crippen LogP contribution in [0.2, 0.25) is 0 Å². The second-order valence-corrected chi connectivity index (χ2v) is 6.99. The Bertz CT molecular complexity index is 662. The molecule has 1 amide bonds. The van der Waals surface area contributed by atoms with Gasteiger partial charge in [-0.3, -0.25) is 9.48 Å². The maximum absolute atomic E-state index is 13.3. The Morgan fingerprint density at radius 3 is 2.79 bits per heavy atom. The lowest BCUT2D eigenvalue weighted by Gasteiger charge is -2.38. The van der Waals surface area contributed by atoms with E-state index in [0.717, 1.165) is 37.9 Å². The molecule has 2 atom stereocenters. The summed E-state index contributed by atoms with van der Waals surface area (Å²) in [4.78, 5) is 19.3. The molecular formula is C17H26N6O. The first-order valence-corrected chi connectivity index (χ1v) is 8.70. The van der Waals surface area contributed by atoms with E-state index >= 15 is 0 Å². The Labute approximate surface area is 142 Å². The van der Waals surface area contributed by atoms with Gasteiger partial charge >= 0.3 is 0 Å². The molecule has 130 valence electrons. The highest BCUT2D eigenvalue weighted by atomic mass is 16.2. The summed E-state index contributed by atoms with van der Waals surface area (Å²) in [6, 6.07) is -0.109. The molecule has 3 heterocycles. The third kappa shape index (κ3) is 3.49. The topological polar surface area (TPSA) is 68.8 Å². The van der Waals surface area contributed by atoms with Gasteiger partial charge in [-0.1, -0.05) is 13.8 Å². The van der Waals surface area contributed by atoms with Crippen molar-refractivity contribution in [2.45, 2.75) is 58.7 Å². The fourth-order valence-corrected chi connectivity index (χ4v) is 3.50. The van der Waals surface area contributed by atoms with Crippen LogP contribution in [-0.4, -0.2) is 47.9 Å². The lowest BCUT2D eigenvalue weighted by atomic mass is 9.97. The molecular weight excluding hydrogens is 304 g/mol. The molecule has 1 saturated heterocycles. The minimum absolute atomic E-state index is 0.143. The highest BCUT2D eigenvalue weighted by Gasteiger charge is 2.34. The fraction of sp³-hybridized carbons (Fsp3) is 0.647. The summed E-state index contributed by atoms with van der Waals surface area (Å²) in [6.07, 6.45) is 10.3. The number of amides is 1. The Morgan fingerprint density at radius 1 is 1.33 bits per heavy atom. The maximum atomic E-state index is 13.3. The molecule has 0 spiro atoms. The number of hydrogen-bond acceptors (Lipinski definition) is 4. The van der Waals surface area contributed by atoms with Crippen LogP contribution < -0.4 is 0 Å². The smallest absolute Gasteiger partial charge is 0.248 e. The standard InChI is InChI=1S/C17H26N6O/c1-13(2)16(23-12-18-11-20-23)17(24)22-7-5-4-6-15(22)10-21-9-14(3)8-19-21/h8-9,11-13,15-16H,4-7,10H2,1-3H3/t15-,16+/m1/s1. The first kappa shape index (κ1) is 16.7. The number of likely N-dealkylation sites (tertiary alicyclic amines) is 1. The van der Waals surface area contributed by atoms with Crippen molar-refractivity contribution in [1.82, 2.24) is 29.4 Å². The Hall–Kier alpha value is -2.18. The van der Waals surface area contributed by atoms with Gasteiger partial charge in [0.25, 0.3) is 0 Å². The second-order valence-electron chi connectivity index (χ2n) is 6.99. The molecule has 7 nitrogen and oxygen atoms in total. The average Bonchev–Trinajstić information content (AvgIpc) is 3.20. The highest BCUT2D eigenvalue weighted by Crippen LogP contribution is 2.26. The van der Waals surface area contributed by atoms with Crippen LogP contribution in [0, 0.1) is 12.8 Å². The lowest BCUT2D eigenvalue weighted by molar-refractivity contribution is -0.140. The number of carbonyl (C=O) groups is 1. The van der Waals surface area contributed by atoms with Crippen LogP contribution >= 0.6 is 0 Å². The second kappa shape index (κ2) is 7.15. The lowest BCUT2D eigenvalue weighted by Crippen LogP contribution is -2.49. The SMILES string of the molecule is Cc1cnn(C[C@H]2CCCCN2C(=O)[C@H](C(C)C)n2cncn2)c1. The van der Waals surface area contributed by atoms with Crippen molar-refractivity contribution < 1.29 is 4.79 Å². The van der Waals surface area contributed by atoms with E-state index < -0.39 is 0 Å². The number of nitrogens with zero attached hydrogens (tertiary/aromatic N) is 6. The van der Waals surface area contributed by atoms with Crippen molar-refractivity contribution in [3.63, 3.8) is 0 Å². The van der Waals surface area contributed by atoms with Crippen LogP contribution in [-0.2, 0) is 11.3 Å². The summed E-state index contributed by atoms with van der Waals surface area (Å²) in [7, 11) is 0. The number of rotatable bonds is 5. The zero-order valence-electron chi connectivity index (χ0n) is 14.7. The largest absolute Gasteiger partial charge is 0.336 e. The van der Waals surface area contributed by atoms with Crippen molar-refractivity contribution in [2.75, 3.05) is 6.54 Å². The van der Waals surface area contributed by atoms with Gasteiger partial charge < -0.3 is 4.90 Å². The molecule has 24 heavy (non-hydrogen) atoms. The maximum Gasteiger partial charge on any atom is 0.248 e.